The summed E-state index contributed by atoms with van der Waals surface area (Å²) in [6.45, 7) is 7.92. The first-order valence-corrected chi connectivity index (χ1v) is 9.73. The Kier molecular flexibility index (Phi) is 6.63. The van der Waals surface area contributed by atoms with Crippen molar-refractivity contribution in [1.82, 2.24) is 5.32 Å². The van der Waals surface area contributed by atoms with E-state index in [0.29, 0.717) is 11.5 Å². The summed E-state index contributed by atoms with van der Waals surface area (Å²) in [4.78, 5) is 0. The third kappa shape index (κ3) is 4.50. The van der Waals surface area contributed by atoms with Crippen LogP contribution in [0.2, 0.25) is 0 Å². The summed E-state index contributed by atoms with van der Waals surface area (Å²) < 4.78 is 0. The minimum atomic E-state index is 0.368. The molecule has 21 heavy (non-hydrogen) atoms. The van der Waals surface area contributed by atoms with Crippen LogP contribution in [0, 0.1) is 0 Å². The zero-order chi connectivity index (χ0) is 15.1. The quantitative estimate of drug-likeness (QED) is 0.693. The van der Waals surface area contributed by atoms with Gasteiger partial charge in [-0.25, -0.2) is 0 Å². The van der Waals surface area contributed by atoms with Crippen LogP contribution in [0.1, 0.15) is 57.6 Å². The maximum absolute atomic E-state index is 3.73. The Morgan fingerprint density at radius 3 is 2.86 bits per heavy atom. The molecule has 0 saturated heterocycles. The molecule has 0 aliphatic heterocycles. The van der Waals surface area contributed by atoms with Crippen molar-refractivity contribution in [2.24, 2.45) is 0 Å². The van der Waals surface area contributed by atoms with Crippen molar-refractivity contribution in [3.05, 3.63) is 35.4 Å². The monoisotopic (exact) mass is 305 g/mol. The molecule has 118 valence electrons. The Bertz CT molecular complexity index is 429. The van der Waals surface area contributed by atoms with Gasteiger partial charge in [-0.05, 0) is 54.7 Å². The summed E-state index contributed by atoms with van der Waals surface area (Å²) in [5.41, 5.74) is 3.59. The van der Waals surface area contributed by atoms with Gasteiger partial charge in [0.05, 0.1) is 0 Å². The Hall–Kier alpha value is -0.470. The van der Waals surface area contributed by atoms with Gasteiger partial charge < -0.3 is 5.32 Å². The van der Waals surface area contributed by atoms with E-state index in [1.807, 2.05) is 0 Å². The Balaban J connectivity index is 2.15. The summed E-state index contributed by atoms with van der Waals surface area (Å²) >= 11 is 2.08. The highest BCUT2D eigenvalue weighted by atomic mass is 32.2. The van der Waals surface area contributed by atoms with Crippen molar-refractivity contribution >= 4 is 11.8 Å². The lowest BCUT2D eigenvalue weighted by Crippen LogP contribution is -2.43. The van der Waals surface area contributed by atoms with Crippen LogP contribution < -0.4 is 5.32 Å². The van der Waals surface area contributed by atoms with Crippen LogP contribution in [0.25, 0.3) is 0 Å². The lowest BCUT2D eigenvalue weighted by atomic mass is 9.67. The van der Waals surface area contributed by atoms with Crippen molar-refractivity contribution < 1.29 is 0 Å². The SMILES string of the molecule is CCSCCCC1(CNC(C)C)CCCc2ccccc21. The van der Waals surface area contributed by atoms with Gasteiger partial charge in [-0.1, -0.05) is 45.0 Å². The van der Waals surface area contributed by atoms with Crippen molar-refractivity contribution in [2.45, 2.75) is 64.3 Å². The van der Waals surface area contributed by atoms with Gasteiger partial charge >= 0.3 is 0 Å². The van der Waals surface area contributed by atoms with Gasteiger partial charge in [-0.2, -0.15) is 11.8 Å². The maximum Gasteiger partial charge on any atom is 0.00810 e. The lowest BCUT2D eigenvalue weighted by molar-refractivity contribution is 0.305. The molecule has 1 aromatic carbocycles. The van der Waals surface area contributed by atoms with Crippen LogP contribution in [0.4, 0.5) is 0 Å². The van der Waals surface area contributed by atoms with Gasteiger partial charge in [0, 0.05) is 18.0 Å². The molecule has 1 aliphatic rings. The molecule has 1 aliphatic carbocycles. The number of nitrogens with one attached hydrogen (secondary N) is 1. The standard InChI is InChI=1S/C19H31NS/c1-4-21-14-8-13-19(15-20-16(2)3)12-7-10-17-9-5-6-11-18(17)19/h5-6,9,11,16,20H,4,7-8,10,12-15H2,1-3H3. The van der Waals surface area contributed by atoms with Crippen molar-refractivity contribution in [2.75, 3.05) is 18.1 Å². The number of thioether (sulfide) groups is 1. The Morgan fingerprint density at radius 1 is 1.29 bits per heavy atom. The van der Waals surface area contributed by atoms with Crippen LogP contribution in [-0.4, -0.2) is 24.1 Å². The number of hydrogen-bond donors (Lipinski definition) is 1. The first kappa shape index (κ1) is 16.9. The molecule has 2 heteroatoms. The molecular weight excluding hydrogens is 274 g/mol. The molecule has 1 aromatic rings. The van der Waals surface area contributed by atoms with Gasteiger partial charge in [0.2, 0.25) is 0 Å². The highest BCUT2D eigenvalue weighted by Crippen LogP contribution is 2.40. The predicted molar refractivity (Wildman–Crippen MR) is 96.4 cm³/mol. The van der Waals surface area contributed by atoms with Gasteiger partial charge in [-0.3, -0.25) is 0 Å². The lowest BCUT2D eigenvalue weighted by Gasteiger charge is -2.40. The normalized spacial score (nSPS) is 21.5. The number of rotatable bonds is 8. The van der Waals surface area contributed by atoms with E-state index in [0.717, 1.165) is 6.54 Å². The number of aryl methyl sites for hydroxylation is 1. The second kappa shape index (κ2) is 8.24. The van der Waals surface area contributed by atoms with Crippen LogP contribution in [-0.2, 0) is 11.8 Å². The summed E-state index contributed by atoms with van der Waals surface area (Å²) in [5, 5.41) is 3.73. The average Bonchev–Trinajstić information content (AvgIpc) is 2.50. The van der Waals surface area contributed by atoms with E-state index in [1.54, 1.807) is 11.1 Å². The minimum absolute atomic E-state index is 0.368. The Morgan fingerprint density at radius 2 is 2.10 bits per heavy atom. The fourth-order valence-corrected chi connectivity index (χ4v) is 4.23. The second-order valence-corrected chi connectivity index (χ2v) is 8.02. The van der Waals surface area contributed by atoms with Gasteiger partial charge in [0.25, 0.3) is 0 Å². The van der Waals surface area contributed by atoms with Gasteiger partial charge in [0.1, 0.15) is 0 Å². The zero-order valence-corrected chi connectivity index (χ0v) is 14.8. The third-order valence-electron chi connectivity index (χ3n) is 4.69. The fraction of sp³-hybridized carbons (Fsp3) is 0.684. The summed E-state index contributed by atoms with van der Waals surface area (Å²) in [6.07, 6.45) is 6.63. The van der Waals surface area contributed by atoms with E-state index in [4.69, 9.17) is 0 Å². The highest BCUT2D eigenvalue weighted by Gasteiger charge is 2.35. The van der Waals surface area contributed by atoms with Gasteiger partial charge in [-0.15, -0.1) is 0 Å². The average molecular weight is 306 g/mol. The zero-order valence-electron chi connectivity index (χ0n) is 14.0. The highest BCUT2D eigenvalue weighted by molar-refractivity contribution is 7.99. The van der Waals surface area contributed by atoms with Crippen molar-refractivity contribution in [3.8, 4) is 0 Å². The minimum Gasteiger partial charge on any atom is -0.314 e. The molecule has 2 rings (SSSR count). The fourth-order valence-electron chi connectivity index (χ4n) is 3.60. The molecule has 1 atom stereocenters. The molecule has 0 amide bonds. The third-order valence-corrected chi connectivity index (χ3v) is 5.67. The molecule has 0 spiro atoms. The number of hydrogen-bond acceptors (Lipinski definition) is 2. The van der Waals surface area contributed by atoms with Crippen LogP contribution in [0.15, 0.2) is 24.3 Å². The van der Waals surface area contributed by atoms with Crippen LogP contribution in [0.5, 0.6) is 0 Å². The van der Waals surface area contributed by atoms with E-state index >= 15 is 0 Å². The molecule has 0 saturated carbocycles. The van der Waals surface area contributed by atoms with Crippen molar-refractivity contribution in [3.63, 3.8) is 0 Å². The van der Waals surface area contributed by atoms with Crippen LogP contribution >= 0.6 is 11.8 Å². The molecule has 1 unspecified atom stereocenters. The molecule has 1 N–H and O–H groups in total. The first-order chi connectivity index (χ1) is 10.2. The van der Waals surface area contributed by atoms with E-state index in [1.165, 1.54) is 43.6 Å². The summed E-state index contributed by atoms with van der Waals surface area (Å²) in [5.74, 6) is 2.55. The smallest absolute Gasteiger partial charge is 0.00810 e. The van der Waals surface area contributed by atoms with E-state index in [2.05, 4.69) is 62.1 Å². The summed E-state index contributed by atoms with van der Waals surface area (Å²) in [6, 6.07) is 9.75. The topological polar surface area (TPSA) is 12.0 Å². The van der Waals surface area contributed by atoms with Crippen LogP contribution in [0.3, 0.4) is 0 Å². The number of fused-ring (bicyclic) bond motifs is 1. The molecular formula is C19H31NS. The number of benzene rings is 1. The summed E-state index contributed by atoms with van der Waals surface area (Å²) in [7, 11) is 0. The largest absolute Gasteiger partial charge is 0.314 e. The maximum atomic E-state index is 3.73. The van der Waals surface area contributed by atoms with Gasteiger partial charge in [0.15, 0.2) is 0 Å². The molecule has 0 bridgehead atoms. The molecule has 1 nitrogen and oxygen atoms in total. The molecule has 0 radical (unpaired) electrons. The molecule has 0 aromatic heterocycles. The molecule has 0 heterocycles. The Labute approximate surface area is 135 Å². The predicted octanol–water partition coefficient (Wildman–Crippen LogP) is 4.79. The van der Waals surface area contributed by atoms with E-state index in [9.17, 15) is 0 Å². The second-order valence-electron chi connectivity index (χ2n) is 6.63. The van der Waals surface area contributed by atoms with E-state index in [-0.39, 0.29) is 0 Å². The first-order valence-electron chi connectivity index (χ1n) is 8.57. The van der Waals surface area contributed by atoms with Crippen molar-refractivity contribution in [1.29, 1.82) is 0 Å². The van der Waals surface area contributed by atoms with E-state index < -0.39 is 0 Å². The molecule has 0 fully saturated rings.